The molecule has 0 spiro atoms. The van der Waals surface area contributed by atoms with Gasteiger partial charge in [-0.25, -0.2) is 8.42 Å². The molecule has 0 bridgehead atoms. The first-order chi connectivity index (χ1) is 12.5. The van der Waals surface area contributed by atoms with Crippen LogP contribution in [0.1, 0.15) is 76.7 Å². The van der Waals surface area contributed by atoms with E-state index in [1.54, 1.807) is 12.1 Å². The van der Waals surface area contributed by atoms with Crippen LogP contribution >= 0.6 is 0 Å². The molecule has 0 fully saturated rings. The number of fused-ring (bicyclic) bond motifs is 1. The Hall–Kier alpha value is -0.390. The van der Waals surface area contributed by atoms with E-state index in [2.05, 4.69) is 6.92 Å². The van der Waals surface area contributed by atoms with Crippen molar-refractivity contribution >= 4 is 20.9 Å². The first-order valence-corrected chi connectivity index (χ1v) is 11.4. The Morgan fingerprint density at radius 2 is 1.26 bits per heavy atom. The minimum atomic E-state index is -4.44. The topological polar surface area (TPSA) is 57.2 Å². The van der Waals surface area contributed by atoms with Gasteiger partial charge in [0.2, 0.25) is 0 Å². The van der Waals surface area contributed by atoms with Crippen LogP contribution in [0.3, 0.4) is 0 Å². The number of hydrogen-bond donors (Lipinski definition) is 0. The van der Waals surface area contributed by atoms with Crippen LogP contribution in [0.25, 0.3) is 10.8 Å². The molecule has 0 atom stereocenters. The molecular weight excluding hydrogens is 367 g/mol. The Balaban J connectivity index is 0.00000364. The Morgan fingerprint density at radius 3 is 1.85 bits per heavy atom. The van der Waals surface area contributed by atoms with E-state index in [1.165, 1.54) is 63.9 Å². The van der Waals surface area contributed by atoms with E-state index in [4.69, 9.17) is 0 Å². The SMILES string of the molecule is CCCCCCCCCCCCc1cccc2c(S(=O)(=O)[O-])cccc12.[Na+]. The normalized spacial score (nSPS) is 11.5. The molecule has 0 saturated heterocycles. The Labute approximate surface area is 187 Å². The van der Waals surface area contributed by atoms with Crippen molar-refractivity contribution in [2.24, 2.45) is 0 Å². The van der Waals surface area contributed by atoms with E-state index >= 15 is 0 Å². The minimum absolute atomic E-state index is 0. The molecule has 0 amide bonds. The molecule has 0 N–H and O–H groups in total. The fourth-order valence-electron chi connectivity index (χ4n) is 3.59. The quantitative estimate of drug-likeness (QED) is 0.313. The van der Waals surface area contributed by atoms with Gasteiger partial charge < -0.3 is 4.55 Å². The van der Waals surface area contributed by atoms with Gasteiger partial charge in [0.25, 0.3) is 0 Å². The summed E-state index contributed by atoms with van der Waals surface area (Å²) in [5.41, 5.74) is 1.13. The van der Waals surface area contributed by atoms with Crippen molar-refractivity contribution in [2.75, 3.05) is 0 Å². The van der Waals surface area contributed by atoms with Gasteiger partial charge in [0, 0.05) is 0 Å². The summed E-state index contributed by atoms with van der Waals surface area (Å²) < 4.78 is 34.3. The molecule has 2 aromatic rings. The maximum absolute atomic E-state index is 11.4. The Kier molecular flexibility index (Phi) is 11.8. The maximum atomic E-state index is 11.4. The van der Waals surface area contributed by atoms with Gasteiger partial charge in [-0.2, -0.15) is 0 Å². The molecule has 2 aromatic carbocycles. The average Bonchev–Trinajstić information content (AvgIpc) is 2.62. The second-order valence-corrected chi connectivity index (χ2v) is 8.50. The molecule has 0 aliphatic heterocycles. The van der Waals surface area contributed by atoms with Crippen molar-refractivity contribution < 1.29 is 42.5 Å². The summed E-state index contributed by atoms with van der Waals surface area (Å²) in [6.45, 7) is 2.25. The molecule has 0 aromatic heterocycles. The molecule has 0 saturated carbocycles. The van der Waals surface area contributed by atoms with Gasteiger partial charge in [0.05, 0.1) is 4.90 Å². The van der Waals surface area contributed by atoms with Crippen molar-refractivity contribution in [2.45, 2.75) is 82.4 Å². The molecule has 0 aliphatic rings. The second kappa shape index (κ2) is 12.9. The number of benzene rings is 2. The fourth-order valence-corrected chi connectivity index (χ4v) is 4.28. The molecule has 3 nitrogen and oxygen atoms in total. The smallest absolute Gasteiger partial charge is 0.744 e. The molecule has 2 rings (SSSR count). The summed E-state index contributed by atoms with van der Waals surface area (Å²) >= 11 is 0. The summed E-state index contributed by atoms with van der Waals surface area (Å²) in [7, 11) is -4.44. The van der Waals surface area contributed by atoms with Crippen LogP contribution in [0.15, 0.2) is 41.3 Å². The van der Waals surface area contributed by atoms with Crippen molar-refractivity contribution in [1.29, 1.82) is 0 Å². The summed E-state index contributed by atoms with van der Waals surface area (Å²) in [6, 6.07) is 10.6. The van der Waals surface area contributed by atoms with Crippen LogP contribution in [-0.4, -0.2) is 13.0 Å². The molecule has 0 unspecified atom stereocenters. The second-order valence-electron chi connectivity index (χ2n) is 7.15. The molecule has 0 radical (unpaired) electrons. The number of rotatable bonds is 12. The Bertz CT molecular complexity index is 787. The summed E-state index contributed by atoms with van der Waals surface area (Å²) in [5.74, 6) is 0. The van der Waals surface area contributed by atoms with Crippen molar-refractivity contribution in [3.63, 3.8) is 0 Å². The number of hydrogen-bond acceptors (Lipinski definition) is 3. The number of aryl methyl sites for hydroxylation is 1. The van der Waals surface area contributed by atoms with Crippen molar-refractivity contribution in [3.05, 3.63) is 42.0 Å². The van der Waals surface area contributed by atoms with Gasteiger partial charge in [-0.15, -0.1) is 0 Å². The number of unbranched alkanes of at least 4 members (excludes halogenated alkanes) is 9. The third-order valence-electron chi connectivity index (χ3n) is 5.04. The Morgan fingerprint density at radius 1 is 0.741 bits per heavy atom. The van der Waals surface area contributed by atoms with Crippen LogP contribution in [0.5, 0.6) is 0 Å². The average molecular weight is 399 g/mol. The van der Waals surface area contributed by atoms with Crippen molar-refractivity contribution in [1.82, 2.24) is 0 Å². The molecule has 0 heterocycles. The minimum Gasteiger partial charge on any atom is -0.744 e. The molecule has 0 aliphatic carbocycles. The van der Waals surface area contributed by atoms with Gasteiger partial charge in [-0.1, -0.05) is 95.0 Å². The van der Waals surface area contributed by atoms with Crippen molar-refractivity contribution in [3.8, 4) is 0 Å². The van der Waals surface area contributed by atoms with Crippen LogP contribution in [0.4, 0.5) is 0 Å². The maximum Gasteiger partial charge on any atom is 1.00 e. The molecule has 144 valence electrons. The van der Waals surface area contributed by atoms with Gasteiger partial charge in [-0.3, -0.25) is 0 Å². The summed E-state index contributed by atoms with van der Waals surface area (Å²) in [5, 5.41) is 1.44. The zero-order valence-corrected chi connectivity index (χ0v) is 19.7. The van der Waals surface area contributed by atoms with Gasteiger partial charge >= 0.3 is 29.6 Å². The molecule has 5 heteroatoms. The van der Waals surface area contributed by atoms with E-state index in [-0.39, 0.29) is 34.5 Å². The van der Waals surface area contributed by atoms with E-state index in [1.807, 2.05) is 18.2 Å². The van der Waals surface area contributed by atoms with E-state index in [0.717, 1.165) is 23.8 Å². The monoisotopic (exact) mass is 398 g/mol. The zero-order valence-electron chi connectivity index (χ0n) is 16.9. The van der Waals surface area contributed by atoms with Crippen LogP contribution in [0.2, 0.25) is 0 Å². The first kappa shape index (κ1) is 24.6. The third kappa shape index (κ3) is 8.25. The molecular formula is C22H31NaO3S. The molecule has 27 heavy (non-hydrogen) atoms. The predicted molar refractivity (Wildman–Crippen MR) is 107 cm³/mol. The van der Waals surface area contributed by atoms with Gasteiger partial charge in [0.1, 0.15) is 10.1 Å². The summed E-state index contributed by atoms with van der Waals surface area (Å²) in [6.07, 6.45) is 13.9. The third-order valence-corrected chi connectivity index (χ3v) is 5.94. The standard InChI is InChI=1S/C22H32O3S.Na/c1-2-3-4-5-6-7-8-9-10-11-14-19-15-12-17-21-20(19)16-13-18-22(21)26(23,24)25;/h12-13,15-18H,2-11,14H2,1H3,(H,23,24,25);/q;+1/p-1. The van der Waals surface area contributed by atoms with Gasteiger partial charge in [-0.05, 0) is 35.2 Å². The van der Waals surface area contributed by atoms with E-state index < -0.39 is 10.1 Å². The van der Waals surface area contributed by atoms with E-state index in [0.29, 0.717) is 5.39 Å². The van der Waals surface area contributed by atoms with Crippen LogP contribution < -0.4 is 29.6 Å². The predicted octanol–water partition coefficient (Wildman–Crippen LogP) is 3.21. The van der Waals surface area contributed by atoms with Crippen LogP contribution in [0, 0.1) is 0 Å². The van der Waals surface area contributed by atoms with Gasteiger partial charge in [0.15, 0.2) is 0 Å². The largest absolute Gasteiger partial charge is 1.00 e. The van der Waals surface area contributed by atoms with Crippen LogP contribution in [-0.2, 0) is 16.5 Å². The first-order valence-electron chi connectivity index (χ1n) is 10.0. The van der Waals surface area contributed by atoms with E-state index in [9.17, 15) is 13.0 Å². The zero-order chi connectivity index (χ0) is 18.8. The fraction of sp³-hybridized carbons (Fsp3) is 0.545. The summed E-state index contributed by atoms with van der Waals surface area (Å²) in [4.78, 5) is -0.111.